The number of aryl methyl sites for hydroxylation is 1. The van der Waals surface area contributed by atoms with Gasteiger partial charge in [-0.1, -0.05) is 52.3 Å². The lowest BCUT2D eigenvalue weighted by Gasteiger charge is -2.30. The number of rotatable bonds is 3. The summed E-state index contributed by atoms with van der Waals surface area (Å²) in [5.74, 6) is 0.927. The van der Waals surface area contributed by atoms with E-state index in [1.165, 1.54) is 5.56 Å². The Morgan fingerprint density at radius 3 is 2.75 bits per heavy atom. The van der Waals surface area contributed by atoms with Crippen molar-refractivity contribution in [3.63, 3.8) is 0 Å². The predicted octanol–water partition coefficient (Wildman–Crippen LogP) is 4.23. The summed E-state index contributed by atoms with van der Waals surface area (Å²) in [7, 11) is 0. The summed E-state index contributed by atoms with van der Waals surface area (Å²) in [6.45, 7) is 0. The van der Waals surface area contributed by atoms with Crippen molar-refractivity contribution in [2.24, 2.45) is 5.73 Å². The molecule has 3 heteroatoms. The van der Waals surface area contributed by atoms with Crippen LogP contribution in [-0.2, 0) is 6.42 Å². The van der Waals surface area contributed by atoms with Crippen LogP contribution in [0, 0.1) is 0 Å². The van der Waals surface area contributed by atoms with Gasteiger partial charge in [0.05, 0.1) is 0 Å². The molecule has 0 aromatic heterocycles. The zero-order chi connectivity index (χ0) is 13.9. The largest absolute Gasteiger partial charge is 0.490 e. The third kappa shape index (κ3) is 3.05. The van der Waals surface area contributed by atoms with E-state index in [0.29, 0.717) is 0 Å². The molecule has 1 aliphatic heterocycles. The first-order valence-electron chi connectivity index (χ1n) is 6.98. The van der Waals surface area contributed by atoms with Gasteiger partial charge in [-0.2, -0.15) is 0 Å². The molecule has 0 saturated carbocycles. The molecule has 1 heterocycles. The second kappa shape index (κ2) is 5.98. The number of hydrogen-bond acceptors (Lipinski definition) is 2. The van der Waals surface area contributed by atoms with Gasteiger partial charge in [-0.15, -0.1) is 0 Å². The van der Waals surface area contributed by atoms with Gasteiger partial charge in [0.2, 0.25) is 0 Å². The summed E-state index contributed by atoms with van der Waals surface area (Å²) < 4.78 is 7.13. The van der Waals surface area contributed by atoms with E-state index in [-0.39, 0.29) is 12.1 Å². The predicted molar refractivity (Wildman–Crippen MR) is 84.9 cm³/mol. The first-order valence-corrected chi connectivity index (χ1v) is 7.77. The molecular weight excluding hydrogens is 314 g/mol. The zero-order valence-corrected chi connectivity index (χ0v) is 12.8. The van der Waals surface area contributed by atoms with Crippen molar-refractivity contribution in [1.82, 2.24) is 0 Å². The smallest absolute Gasteiger partial charge is 0.125 e. The van der Waals surface area contributed by atoms with Gasteiger partial charge in [-0.3, -0.25) is 0 Å². The van der Waals surface area contributed by atoms with Gasteiger partial charge in [0.25, 0.3) is 0 Å². The number of ether oxygens (including phenoxy) is 1. The van der Waals surface area contributed by atoms with Crippen molar-refractivity contribution in [3.8, 4) is 5.75 Å². The molecule has 2 nitrogen and oxygen atoms in total. The number of fused-ring (bicyclic) bond motifs is 1. The molecular formula is C17H18BrNO. The van der Waals surface area contributed by atoms with E-state index in [4.69, 9.17) is 10.5 Å². The van der Waals surface area contributed by atoms with Crippen LogP contribution < -0.4 is 10.5 Å². The maximum absolute atomic E-state index is 6.26. The molecule has 0 bridgehead atoms. The van der Waals surface area contributed by atoms with E-state index >= 15 is 0 Å². The Hall–Kier alpha value is -1.32. The molecule has 2 atom stereocenters. The van der Waals surface area contributed by atoms with Gasteiger partial charge in [-0.25, -0.2) is 0 Å². The Labute approximate surface area is 128 Å². The van der Waals surface area contributed by atoms with Crippen molar-refractivity contribution in [2.75, 3.05) is 0 Å². The molecule has 2 aromatic rings. The number of nitrogens with two attached hydrogens (primary N) is 1. The van der Waals surface area contributed by atoms with Crippen molar-refractivity contribution >= 4 is 15.9 Å². The SMILES string of the molecule is N[C@@H]1CC(CCc2ccccc2)Oc2cc(Br)ccc21. The first kappa shape index (κ1) is 13.7. The van der Waals surface area contributed by atoms with E-state index in [9.17, 15) is 0 Å². The van der Waals surface area contributed by atoms with Crippen LogP contribution in [0.5, 0.6) is 5.75 Å². The maximum atomic E-state index is 6.26. The number of benzene rings is 2. The molecule has 104 valence electrons. The van der Waals surface area contributed by atoms with Crippen LogP contribution in [0.15, 0.2) is 53.0 Å². The molecule has 0 radical (unpaired) electrons. The Kier molecular flexibility index (Phi) is 4.08. The van der Waals surface area contributed by atoms with Crippen LogP contribution in [0.4, 0.5) is 0 Å². The summed E-state index contributed by atoms with van der Waals surface area (Å²) in [5, 5.41) is 0. The van der Waals surface area contributed by atoms with Crippen LogP contribution >= 0.6 is 15.9 Å². The average molecular weight is 332 g/mol. The van der Waals surface area contributed by atoms with E-state index < -0.39 is 0 Å². The van der Waals surface area contributed by atoms with Gasteiger partial charge in [0.15, 0.2) is 0 Å². The normalized spacial score (nSPS) is 21.1. The summed E-state index contributed by atoms with van der Waals surface area (Å²) in [5.41, 5.74) is 8.73. The molecule has 0 fully saturated rings. The second-order valence-corrected chi connectivity index (χ2v) is 6.20. The van der Waals surface area contributed by atoms with Crippen molar-refractivity contribution in [2.45, 2.75) is 31.4 Å². The van der Waals surface area contributed by atoms with E-state index in [2.05, 4.69) is 46.3 Å². The zero-order valence-electron chi connectivity index (χ0n) is 11.3. The minimum absolute atomic E-state index is 0.0765. The standard InChI is InChI=1S/C17H18BrNO/c18-13-7-9-15-16(19)11-14(20-17(15)10-13)8-6-12-4-2-1-3-5-12/h1-5,7,9-10,14,16H,6,8,11,19H2/t14?,16-/m1/s1. The van der Waals surface area contributed by atoms with E-state index in [1.54, 1.807) is 0 Å². The first-order chi connectivity index (χ1) is 9.72. The van der Waals surface area contributed by atoms with Crippen LogP contribution in [0.25, 0.3) is 0 Å². The van der Waals surface area contributed by atoms with Crippen LogP contribution in [0.2, 0.25) is 0 Å². The van der Waals surface area contributed by atoms with E-state index in [1.807, 2.05) is 18.2 Å². The fourth-order valence-electron chi connectivity index (χ4n) is 2.70. The molecule has 2 N–H and O–H groups in total. The third-order valence-electron chi connectivity index (χ3n) is 3.78. The Morgan fingerprint density at radius 1 is 1.15 bits per heavy atom. The van der Waals surface area contributed by atoms with Crippen molar-refractivity contribution in [1.29, 1.82) is 0 Å². The highest BCUT2D eigenvalue weighted by Crippen LogP contribution is 2.36. The highest BCUT2D eigenvalue weighted by molar-refractivity contribution is 9.10. The van der Waals surface area contributed by atoms with E-state index in [0.717, 1.165) is 35.0 Å². The molecule has 1 unspecified atom stereocenters. The molecule has 3 rings (SSSR count). The number of hydrogen-bond donors (Lipinski definition) is 1. The molecule has 0 spiro atoms. The number of halogens is 1. The lowest BCUT2D eigenvalue weighted by molar-refractivity contribution is 0.150. The van der Waals surface area contributed by atoms with Gasteiger partial charge in [-0.05, 0) is 30.5 Å². The highest BCUT2D eigenvalue weighted by atomic mass is 79.9. The molecule has 0 saturated heterocycles. The Morgan fingerprint density at radius 2 is 1.95 bits per heavy atom. The van der Waals surface area contributed by atoms with Gasteiger partial charge >= 0.3 is 0 Å². The summed E-state index contributed by atoms with van der Waals surface area (Å²) in [4.78, 5) is 0. The molecule has 20 heavy (non-hydrogen) atoms. The lowest BCUT2D eigenvalue weighted by Crippen LogP contribution is -2.29. The quantitative estimate of drug-likeness (QED) is 0.913. The molecule has 0 aliphatic carbocycles. The lowest BCUT2D eigenvalue weighted by atomic mass is 9.94. The Balaban J connectivity index is 1.68. The summed E-state index contributed by atoms with van der Waals surface area (Å²) in [6, 6.07) is 16.7. The second-order valence-electron chi connectivity index (χ2n) is 5.29. The molecule has 1 aliphatic rings. The van der Waals surface area contributed by atoms with Crippen molar-refractivity contribution in [3.05, 3.63) is 64.1 Å². The minimum Gasteiger partial charge on any atom is -0.490 e. The highest BCUT2D eigenvalue weighted by Gasteiger charge is 2.25. The van der Waals surface area contributed by atoms with Gasteiger partial charge < -0.3 is 10.5 Å². The molecule has 2 aromatic carbocycles. The van der Waals surface area contributed by atoms with Gasteiger partial charge in [0.1, 0.15) is 11.9 Å². The monoisotopic (exact) mass is 331 g/mol. The Bertz CT molecular complexity index is 585. The average Bonchev–Trinajstić information content (AvgIpc) is 2.46. The maximum Gasteiger partial charge on any atom is 0.125 e. The third-order valence-corrected chi connectivity index (χ3v) is 4.28. The minimum atomic E-state index is 0.0765. The van der Waals surface area contributed by atoms with Crippen LogP contribution in [-0.4, -0.2) is 6.10 Å². The molecule has 0 amide bonds. The fourth-order valence-corrected chi connectivity index (χ4v) is 3.04. The topological polar surface area (TPSA) is 35.2 Å². The summed E-state index contributed by atoms with van der Waals surface area (Å²) in [6.07, 6.45) is 3.12. The van der Waals surface area contributed by atoms with Crippen LogP contribution in [0.1, 0.15) is 30.0 Å². The van der Waals surface area contributed by atoms with Crippen molar-refractivity contribution < 1.29 is 4.74 Å². The van der Waals surface area contributed by atoms with Crippen LogP contribution in [0.3, 0.4) is 0 Å². The summed E-state index contributed by atoms with van der Waals surface area (Å²) >= 11 is 3.49. The van der Waals surface area contributed by atoms with Gasteiger partial charge in [0, 0.05) is 22.5 Å². The fraction of sp³-hybridized carbons (Fsp3) is 0.294.